The summed E-state index contributed by atoms with van der Waals surface area (Å²) in [5, 5.41) is 12.5. The van der Waals surface area contributed by atoms with Crippen molar-refractivity contribution in [3.05, 3.63) is 29.8 Å². The van der Waals surface area contributed by atoms with Crippen molar-refractivity contribution >= 4 is 17.5 Å². The SMILES string of the molecule is CC(=O)N1CCC(NC(=O)CN2CCCN(c3ccccc3C#N)CC2)CC1. The highest BCUT2D eigenvalue weighted by Gasteiger charge is 2.23. The molecule has 0 atom stereocenters. The van der Waals surface area contributed by atoms with Gasteiger partial charge in [0.15, 0.2) is 0 Å². The fraction of sp³-hybridized carbons (Fsp3) is 0.571. The zero-order valence-corrected chi connectivity index (χ0v) is 16.6. The van der Waals surface area contributed by atoms with Crippen molar-refractivity contribution in [1.82, 2.24) is 15.1 Å². The molecule has 2 aliphatic heterocycles. The number of hydrogen-bond acceptors (Lipinski definition) is 5. The maximum Gasteiger partial charge on any atom is 0.234 e. The minimum atomic E-state index is 0.0622. The smallest absolute Gasteiger partial charge is 0.234 e. The second-order valence-corrected chi connectivity index (χ2v) is 7.59. The number of amides is 2. The Hall–Kier alpha value is -2.59. The van der Waals surface area contributed by atoms with E-state index >= 15 is 0 Å². The summed E-state index contributed by atoms with van der Waals surface area (Å²) in [5.74, 6) is 0.170. The lowest BCUT2D eigenvalue weighted by atomic mass is 10.1. The first kappa shape index (κ1) is 20.2. The number of benzene rings is 1. The zero-order chi connectivity index (χ0) is 19.9. The van der Waals surface area contributed by atoms with Crippen molar-refractivity contribution < 1.29 is 9.59 Å². The molecule has 1 N–H and O–H groups in total. The number of likely N-dealkylation sites (tertiary alicyclic amines) is 1. The summed E-state index contributed by atoms with van der Waals surface area (Å²) >= 11 is 0. The second-order valence-electron chi connectivity index (χ2n) is 7.59. The van der Waals surface area contributed by atoms with Crippen LogP contribution in [0.25, 0.3) is 0 Å². The minimum absolute atomic E-state index is 0.0622. The standard InChI is InChI=1S/C21H29N5O2/c1-17(27)25-11-7-19(8-12-25)23-21(28)16-24-9-4-10-26(14-13-24)20-6-3-2-5-18(20)15-22/h2-3,5-6,19H,4,7-14,16H2,1H3,(H,23,28). The lowest BCUT2D eigenvalue weighted by Gasteiger charge is -2.32. The van der Waals surface area contributed by atoms with Gasteiger partial charge in [0.05, 0.1) is 17.8 Å². The Morgan fingerprint density at radius 3 is 2.57 bits per heavy atom. The number of anilines is 1. The molecule has 0 spiro atoms. The van der Waals surface area contributed by atoms with E-state index in [2.05, 4.69) is 21.2 Å². The zero-order valence-electron chi connectivity index (χ0n) is 16.6. The number of hydrogen-bond donors (Lipinski definition) is 1. The number of carbonyl (C=O) groups is 2. The molecule has 3 rings (SSSR count). The van der Waals surface area contributed by atoms with Crippen molar-refractivity contribution in [2.75, 3.05) is 50.7 Å². The van der Waals surface area contributed by atoms with Crippen molar-refractivity contribution in [2.45, 2.75) is 32.2 Å². The summed E-state index contributed by atoms with van der Waals surface area (Å²) in [4.78, 5) is 30.1. The molecule has 0 bridgehead atoms. The molecular formula is C21H29N5O2. The van der Waals surface area contributed by atoms with Gasteiger partial charge in [-0.15, -0.1) is 0 Å². The molecular weight excluding hydrogens is 354 g/mol. The van der Waals surface area contributed by atoms with Gasteiger partial charge >= 0.3 is 0 Å². The van der Waals surface area contributed by atoms with E-state index < -0.39 is 0 Å². The van der Waals surface area contributed by atoms with Gasteiger partial charge in [-0.1, -0.05) is 12.1 Å². The molecule has 7 nitrogen and oxygen atoms in total. The van der Waals surface area contributed by atoms with E-state index in [9.17, 15) is 14.9 Å². The molecule has 0 radical (unpaired) electrons. The van der Waals surface area contributed by atoms with Crippen LogP contribution in [0.2, 0.25) is 0 Å². The van der Waals surface area contributed by atoms with Crippen LogP contribution in [0.15, 0.2) is 24.3 Å². The van der Waals surface area contributed by atoms with Gasteiger partial charge in [0.2, 0.25) is 11.8 Å². The molecule has 1 aromatic rings. The Balaban J connectivity index is 1.46. The van der Waals surface area contributed by atoms with Crippen molar-refractivity contribution in [1.29, 1.82) is 5.26 Å². The number of para-hydroxylation sites is 1. The molecule has 2 heterocycles. The first-order valence-electron chi connectivity index (χ1n) is 10.1. The van der Waals surface area contributed by atoms with Gasteiger partial charge in [-0.2, -0.15) is 5.26 Å². The molecule has 2 saturated heterocycles. The molecule has 2 fully saturated rings. The van der Waals surface area contributed by atoms with E-state index in [-0.39, 0.29) is 17.9 Å². The van der Waals surface area contributed by atoms with E-state index in [1.807, 2.05) is 29.2 Å². The number of nitriles is 1. The Bertz CT molecular complexity index is 737. The van der Waals surface area contributed by atoms with Crippen LogP contribution in [0.1, 0.15) is 31.7 Å². The normalized spacial score (nSPS) is 19.0. The van der Waals surface area contributed by atoms with Crippen LogP contribution in [0.5, 0.6) is 0 Å². The third kappa shape index (κ3) is 5.23. The first-order valence-corrected chi connectivity index (χ1v) is 10.1. The number of piperidine rings is 1. The third-order valence-corrected chi connectivity index (χ3v) is 5.63. The number of carbonyl (C=O) groups excluding carboxylic acids is 2. The monoisotopic (exact) mass is 383 g/mol. The predicted molar refractivity (Wildman–Crippen MR) is 108 cm³/mol. The van der Waals surface area contributed by atoms with E-state index in [1.54, 1.807) is 6.92 Å². The fourth-order valence-corrected chi connectivity index (χ4v) is 4.03. The van der Waals surface area contributed by atoms with E-state index in [1.165, 1.54) is 0 Å². The summed E-state index contributed by atoms with van der Waals surface area (Å²) in [6.07, 6.45) is 2.61. The van der Waals surface area contributed by atoms with Crippen molar-refractivity contribution in [2.24, 2.45) is 0 Å². The fourth-order valence-electron chi connectivity index (χ4n) is 4.03. The quantitative estimate of drug-likeness (QED) is 0.845. The second kappa shape index (κ2) is 9.56. The molecule has 0 unspecified atom stereocenters. The average Bonchev–Trinajstić information content (AvgIpc) is 2.93. The lowest BCUT2D eigenvalue weighted by Crippen LogP contribution is -2.48. The van der Waals surface area contributed by atoms with Gasteiger partial charge in [-0.3, -0.25) is 14.5 Å². The molecule has 2 aliphatic rings. The predicted octanol–water partition coefficient (Wildman–Crippen LogP) is 1.20. The summed E-state index contributed by atoms with van der Waals surface area (Å²) in [6.45, 7) is 6.81. The van der Waals surface area contributed by atoms with Gasteiger partial charge in [0, 0.05) is 52.2 Å². The minimum Gasteiger partial charge on any atom is -0.369 e. The van der Waals surface area contributed by atoms with E-state index in [0.29, 0.717) is 12.1 Å². The van der Waals surface area contributed by atoms with Crippen LogP contribution < -0.4 is 10.2 Å². The van der Waals surface area contributed by atoms with E-state index in [4.69, 9.17) is 0 Å². The molecule has 7 heteroatoms. The number of rotatable bonds is 4. The summed E-state index contributed by atoms with van der Waals surface area (Å²) in [7, 11) is 0. The maximum atomic E-state index is 12.5. The number of nitrogens with one attached hydrogen (secondary N) is 1. The Morgan fingerprint density at radius 2 is 1.86 bits per heavy atom. The van der Waals surface area contributed by atoms with Crippen LogP contribution in [-0.2, 0) is 9.59 Å². The molecule has 1 aromatic carbocycles. The van der Waals surface area contributed by atoms with Crippen LogP contribution in [0.4, 0.5) is 5.69 Å². The van der Waals surface area contributed by atoms with Gasteiger partial charge in [0.1, 0.15) is 6.07 Å². The third-order valence-electron chi connectivity index (χ3n) is 5.63. The lowest BCUT2D eigenvalue weighted by molar-refractivity contribution is -0.130. The molecule has 0 saturated carbocycles. The molecule has 2 amide bonds. The Labute approximate surface area is 166 Å². The Morgan fingerprint density at radius 1 is 1.11 bits per heavy atom. The molecule has 0 aliphatic carbocycles. The first-order chi connectivity index (χ1) is 13.6. The summed E-state index contributed by atoms with van der Waals surface area (Å²) in [6, 6.07) is 10.1. The largest absolute Gasteiger partial charge is 0.369 e. The van der Waals surface area contributed by atoms with Crippen LogP contribution in [0, 0.1) is 11.3 Å². The van der Waals surface area contributed by atoms with Gasteiger partial charge < -0.3 is 15.1 Å². The topological polar surface area (TPSA) is 79.7 Å². The van der Waals surface area contributed by atoms with Gasteiger partial charge in [-0.25, -0.2) is 0 Å². The number of nitrogens with zero attached hydrogens (tertiary/aromatic N) is 4. The highest BCUT2D eigenvalue weighted by Crippen LogP contribution is 2.21. The molecule has 150 valence electrons. The van der Waals surface area contributed by atoms with Crippen molar-refractivity contribution in [3.63, 3.8) is 0 Å². The summed E-state index contributed by atoms with van der Waals surface area (Å²) < 4.78 is 0. The molecule has 0 aromatic heterocycles. The van der Waals surface area contributed by atoms with Crippen molar-refractivity contribution in [3.8, 4) is 6.07 Å². The Kier molecular flexibility index (Phi) is 6.88. The van der Waals surface area contributed by atoms with Crippen LogP contribution in [0.3, 0.4) is 0 Å². The van der Waals surface area contributed by atoms with Crippen LogP contribution in [-0.4, -0.2) is 73.5 Å². The molecule has 28 heavy (non-hydrogen) atoms. The van der Waals surface area contributed by atoms with E-state index in [0.717, 1.165) is 64.2 Å². The maximum absolute atomic E-state index is 12.5. The highest BCUT2D eigenvalue weighted by atomic mass is 16.2. The van der Waals surface area contributed by atoms with Gasteiger partial charge in [-0.05, 0) is 31.4 Å². The average molecular weight is 383 g/mol. The summed E-state index contributed by atoms with van der Waals surface area (Å²) in [5.41, 5.74) is 1.68. The van der Waals surface area contributed by atoms with Gasteiger partial charge in [0.25, 0.3) is 0 Å². The highest BCUT2D eigenvalue weighted by molar-refractivity contribution is 5.78. The van der Waals surface area contributed by atoms with Crippen LogP contribution >= 0.6 is 0 Å².